The molecule has 0 aliphatic carbocycles. The number of nitrogen functional groups attached to an aromatic ring is 1. The molecular weight excluding hydrogens is 330 g/mol. The molecule has 7 nitrogen and oxygen atoms in total. The van der Waals surface area contributed by atoms with Crippen molar-refractivity contribution in [2.24, 2.45) is 0 Å². The van der Waals surface area contributed by atoms with Crippen molar-refractivity contribution in [1.82, 2.24) is 19.7 Å². The highest BCUT2D eigenvalue weighted by atomic mass is 16.5. The fraction of sp³-hybridized carbons (Fsp3) is 0.263. The number of anilines is 1. The molecule has 1 aromatic carbocycles. The van der Waals surface area contributed by atoms with E-state index in [2.05, 4.69) is 15.1 Å². The molecular formula is C19H21N5O2. The van der Waals surface area contributed by atoms with Gasteiger partial charge in [-0.3, -0.25) is 4.79 Å². The van der Waals surface area contributed by atoms with E-state index in [0.29, 0.717) is 23.6 Å². The van der Waals surface area contributed by atoms with Gasteiger partial charge in [0.15, 0.2) is 0 Å². The average molecular weight is 351 g/mol. The quantitative estimate of drug-likeness (QED) is 0.759. The van der Waals surface area contributed by atoms with Crippen molar-refractivity contribution in [3.8, 4) is 28.3 Å². The summed E-state index contributed by atoms with van der Waals surface area (Å²) in [5.74, 6) is 0.959. The molecule has 2 heterocycles. The molecule has 0 bridgehead atoms. The maximum absolute atomic E-state index is 12.0. The van der Waals surface area contributed by atoms with E-state index in [1.807, 2.05) is 45.0 Å². The lowest BCUT2D eigenvalue weighted by Crippen LogP contribution is -2.24. The highest BCUT2D eigenvalue weighted by molar-refractivity contribution is 5.79. The minimum atomic E-state index is -0.150. The lowest BCUT2D eigenvalue weighted by Gasteiger charge is -2.13. The highest BCUT2D eigenvalue weighted by Gasteiger charge is 2.14. The molecule has 0 saturated heterocycles. The molecule has 0 fully saturated rings. The lowest BCUT2D eigenvalue weighted by atomic mass is 10.0. The van der Waals surface area contributed by atoms with Crippen molar-refractivity contribution < 1.29 is 4.74 Å². The van der Waals surface area contributed by atoms with Gasteiger partial charge in [0, 0.05) is 23.4 Å². The molecule has 2 aromatic heterocycles. The Morgan fingerprint density at radius 2 is 1.88 bits per heavy atom. The van der Waals surface area contributed by atoms with Gasteiger partial charge in [0.25, 0.3) is 5.56 Å². The Hall–Kier alpha value is -3.22. The summed E-state index contributed by atoms with van der Waals surface area (Å²) in [5.41, 5.74) is 8.49. The van der Waals surface area contributed by atoms with Gasteiger partial charge in [-0.2, -0.15) is 5.10 Å². The van der Waals surface area contributed by atoms with E-state index >= 15 is 0 Å². The first-order valence-electron chi connectivity index (χ1n) is 8.45. The fourth-order valence-electron chi connectivity index (χ4n) is 2.62. The van der Waals surface area contributed by atoms with Crippen molar-refractivity contribution in [2.45, 2.75) is 26.8 Å². The third kappa shape index (κ3) is 3.56. The van der Waals surface area contributed by atoms with Gasteiger partial charge in [-0.25, -0.2) is 14.6 Å². The lowest BCUT2D eigenvalue weighted by molar-refractivity contribution is 0.340. The zero-order valence-electron chi connectivity index (χ0n) is 15.0. The molecule has 0 unspecified atom stereocenters. The first-order valence-corrected chi connectivity index (χ1v) is 8.45. The van der Waals surface area contributed by atoms with Crippen molar-refractivity contribution in [1.29, 1.82) is 0 Å². The largest absolute Gasteiger partial charge is 0.494 e. The molecule has 0 radical (unpaired) electrons. The van der Waals surface area contributed by atoms with Crippen molar-refractivity contribution in [3.63, 3.8) is 0 Å². The second kappa shape index (κ2) is 7.35. The van der Waals surface area contributed by atoms with Gasteiger partial charge < -0.3 is 10.5 Å². The first kappa shape index (κ1) is 17.6. The summed E-state index contributed by atoms with van der Waals surface area (Å²) in [7, 11) is 0. The third-order valence-electron chi connectivity index (χ3n) is 3.84. The molecule has 0 aliphatic heterocycles. The predicted molar refractivity (Wildman–Crippen MR) is 101 cm³/mol. The Kier molecular flexibility index (Phi) is 4.97. The highest BCUT2D eigenvalue weighted by Crippen LogP contribution is 2.30. The van der Waals surface area contributed by atoms with Crippen LogP contribution in [0.3, 0.4) is 0 Å². The van der Waals surface area contributed by atoms with Crippen molar-refractivity contribution in [2.75, 3.05) is 12.3 Å². The zero-order valence-corrected chi connectivity index (χ0v) is 15.0. The van der Waals surface area contributed by atoms with Gasteiger partial charge in [-0.1, -0.05) is 0 Å². The van der Waals surface area contributed by atoms with E-state index in [9.17, 15) is 4.79 Å². The van der Waals surface area contributed by atoms with Gasteiger partial charge in [-0.15, -0.1) is 0 Å². The van der Waals surface area contributed by atoms with E-state index in [0.717, 1.165) is 11.3 Å². The van der Waals surface area contributed by atoms with Crippen LogP contribution in [-0.4, -0.2) is 26.4 Å². The Bertz CT molecular complexity index is 964. The minimum absolute atomic E-state index is 0.0499. The van der Waals surface area contributed by atoms with Crippen LogP contribution >= 0.6 is 0 Å². The van der Waals surface area contributed by atoms with Crippen LogP contribution in [0.5, 0.6) is 5.75 Å². The number of aromatic nitrogens is 4. The number of nitrogens with zero attached hydrogens (tertiary/aromatic N) is 4. The van der Waals surface area contributed by atoms with Gasteiger partial charge in [0.05, 0.1) is 24.0 Å². The van der Waals surface area contributed by atoms with Crippen LogP contribution < -0.4 is 16.0 Å². The zero-order chi connectivity index (χ0) is 18.7. The molecule has 134 valence electrons. The summed E-state index contributed by atoms with van der Waals surface area (Å²) in [6.07, 6.45) is 1.63. The fourth-order valence-corrected chi connectivity index (χ4v) is 2.62. The van der Waals surface area contributed by atoms with Crippen molar-refractivity contribution in [3.05, 3.63) is 52.9 Å². The molecule has 3 aromatic rings. The van der Waals surface area contributed by atoms with E-state index in [4.69, 9.17) is 10.5 Å². The number of ether oxygens (including phenoxy) is 1. The van der Waals surface area contributed by atoms with E-state index in [1.54, 1.807) is 12.3 Å². The number of rotatable bonds is 5. The second-order valence-corrected chi connectivity index (χ2v) is 6.04. The molecule has 0 saturated carbocycles. The Morgan fingerprint density at radius 3 is 2.54 bits per heavy atom. The molecule has 0 atom stereocenters. The molecule has 2 N–H and O–H groups in total. The molecule has 3 rings (SSSR count). The van der Waals surface area contributed by atoms with Crippen LogP contribution in [0.4, 0.5) is 5.95 Å². The summed E-state index contributed by atoms with van der Waals surface area (Å²) in [4.78, 5) is 20.5. The molecule has 26 heavy (non-hydrogen) atoms. The Balaban J connectivity index is 2.12. The SMILES string of the molecule is CCOc1ccc(-c2nc(N)ncc2-c2ccc(=O)n(C(C)C)n2)cc1. The average Bonchev–Trinajstić information content (AvgIpc) is 2.63. The monoisotopic (exact) mass is 351 g/mol. The number of hydrogen-bond acceptors (Lipinski definition) is 6. The maximum atomic E-state index is 12.0. The predicted octanol–water partition coefficient (Wildman–Crippen LogP) is 2.93. The molecule has 0 aliphatic rings. The topological polar surface area (TPSA) is 95.9 Å². The van der Waals surface area contributed by atoms with E-state index in [-0.39, 0.29) is 17.5 Å². The van der Waals surface area contributed by atoms with Crippen LogP contribution in [0.15, 0.2) is 47.4 Å². The van der Waals surface area contributed by atoms with Gasteiger partial charge >= 0.3 is 0 Å². The maximum Gasteiger partial charge on any atom is 0.267 e. The van der Waals surface area contributed by atoms with E-state index < -0.39 is 0 Å². The summed E-state index contributed by atoms with van der Waals surface area (Å²) >= 11 is 0. The van der Waals surface area contributed by atoms with Crippen LogP contribution in [0.1, 0.15) is 26.8 Å². The smallest absolute Gasteiger partial charge is 0.267 e. The normalized spacial score (nSPS) is 10.9. The Labute approximate surface area is 151 Å². The number of hydrogen-bond donors (Lipinski definition) is 1. The van der Waals surface area contributed by atoms with Gasteiger partial charge in [0.2, 0.25) is 5.95 Å². The van der Waals surface area contributed by atoms with Gasteiger partial charge in [-0.05, 0) is 51.1 Å². The van der Waals surface area contributed by atoms with Crippen LogP contribution in [0.2, 0.25) is 0 Å². The summed E-state index contributed by atoms with van der Waals surface area (Å²) in [6.45, 7) is 6.36. The van der Waals surface area contributed by atoms with Gasteiger partial charge in [0.1, 0.15) is 5.75 Å². The molecule has 7 heteroatoms. The van der Waals surface area contributed by atoms with Crippen LogP contribution in [0, 0.1) is 0 Å². The first-order chi connectivity index (χ1) is 12.5. The minimum Gasteiger partial charge on any atom is -0.494 e. The van der Waals surface area contributed by atoms with Crippen LogP contribution in [-0.2, 0) is 0 Å². The third-order valence-corrected chi connectivity index (χ3v) is 3.84. The number of nitrogens with two attached hydrogens (primary N) is 1. The standard InChI is InChI=1S/C19H21N5O2/c1-4-26-14-7-5-13(6-8-14)18-15(11-21-19(20)22-18)16-9-10-17(25)24(23-16)12(2)3/h5-12H,4H2,1-3H3,(H2,20,21,22). The van der Waals surface area contributed by atoms with E-state index in [1.165, 1.54) is 10.7 Å². The Morgan fingerprint density at radius 1 is 1.15 bits per heavy atom. The molecule has 0 spiro atoms. The van der Waals surface area contributed by atoms with Crippen molar-refractivity contribution >= 4 is 5.95 Å². The second-order valence-electron chi connectivity index (χ2n) is 6.04. The summed E-state index contributed by atoms with van der Waals surface area (Å²) < 4.78 is 6.92. The molecule has 0 amide bonds. The summed E-state index contributed by atoms with van der Waals surface area (Å²) in [6, 6.07) is 10.7. The number of benzene rings is 1. The van der Waals surface area contributed by atoms with Crippen LogP contribution in [0.25, 0.3) is 22.5 Å². The summed E-state index contributed by atoms with van der Waals surface area (Å²) in [5, 5.41) is 4.46.